The van der Waals surface area contributed by atoms with Crippen molar-refractivity contribution in [2.45, 2.75) is 6.54 Å². The Labute approximate surface area is 122 Å². The molecule has 21 heavy (non-hydrogen) atoms. The van der Waals surface area contributed by atoms with Crippen LogP contribution in [0.1, 0.15) is 15.9 Å². The van der Waals surface area contributed by atoms with Crippen LogP contribution in [0.3, 0.4) is 0 Å². The highest BCUT2D eigenvalue weighted by atomic mass is 19.1. The standard InChI is InChI=1S/C15H16FN3O2/c1-19(15-11(14(17)20)4-3-7-18-15)9-10-5-6-13(21-2)12(16)8-10/h3-8H,9H2,1-2H3,(H2,17,20). The second-order valence-electron chi connectivity index (χ2n) is 4.56. The number of primary amides is 1. The van der Waals surface area contributed by atoms with Gasteiger partial charge in [0.15, 0.2) is 11.6 Å². The average molecular weight is 289 g/mol. The van der Waals surface area contributed by atoms with Crippen LogP contribution in [0, 0.1) is 5.82 Å². The van der Waals surface area contributed by atoms with Crippen LogP contribution in [-0.2, 0) is 6.54 Å². The van der Waals surface area contributed by atoms with Gasteiger partial charge in [0.2, 0.25) is 0 Å². The van der Waals surface area contributed by atoms with Crippen molar-refractivity contribution >= 4 is 11.7 Å². The number of carbonyl (C=O) groups excluding carboxylic acids is 1. The highest BCUT2D eigenvalue weighted by Gasteiger charge is 2.14. The molecule has 1 aromatic heterocycles. The number of rotatable bonds is 5. The summed E-state index contributed by atoms with van der Waals surface area (Å²) < 4.78 is 18.6. The van der Waals surface area contributed by atoms with Gasteiger partial charge in [-0.3, -0.25) is 4.79 Å². The maximum atomic E-state index is 13.7. The van der Waals surface area contributed by atoms with Crippen LogP contribution in [0.15, 0.2) is 36.5 Å². The number of hydrogen-bond acceptors (Lipinski definition) is 4. The zero-order valence-corrected chi connectivity index (χ0v) is 11.8. The molecule has 0 saturated carbocycles. The van der Waals surface area contributed by atoms with E-state index < -0.39 is 11.7 Å². The molecule has 0 unspecified atom stereocenters. The summed E-state index contributed by atoms with van der Waals surface area (Å²) in [7, 11) is 3.17. The third kappa shape index (κ3) is 3.28. The molecule has 1 heterocycles. The summed E-state index contributed by atoms with van der Waals surface area (Å²) >= 11 is 0. The normalized spacial score (nSPS) is 10.2. The van der Waals surface area contributed by atoms with Crippen molar-refractivity contribution < 1.29 is 13.9 Å². The number of halogens is 1. The van der Waals surface area contributed by atoms with E-state index in [4.69, 9.17) is 10.5 Å². The zero-order chi connectivity index (χ0) is 15.4. The van der Waals surface area contributed by atoms with Crippen LogP contribution in [0.4, 0.5) is 10.2 Å². The minimum absolute atomic E-state index is 0.192. The Kier molecular flexibility index (Phi) is 4.37. The first-order valence-electron chi connectivity index (χ1n) is 6.31. The number of anilines is 1. The Morgan fingerprint density at radius 2 is 2.19 bits per heavy atom. The molecule has 0 saturated heterocycles. The Bertz CT molecular complexity index is 661. The Morgan fingerprint density at radius 3 is 2.81 bits per heavy atom. The van der Waals surface area contributed by atoms with E-state index in [9.17, 15) is 9.18 Å². The van der Waals surface area contributed by atoms with Crippen LogP contribution in [0.25, 0.3) is 0 Å². The minimum atomic E-state index is -0.550. The van der Waals surface area contributed by atoms with Gasteiger partial charge < -0.3 is 15.4 Å². The fourth-order valence-electron chi connectivity index (χ4n) is 2.05. The number of pyridine rings is 1. The average Bonchev–Trinajstić information content (AvgIpc) is 2.47. The van der Waals surface area contributed by atoms with Crippen molar-refractivity contribution in [1.82, 2.24) is 4.98 Å². The summed E-state index contributed by atoms with van der Waals surface area (Å²) in [4.78, 5) is 17.3. The van der Waals surface area contributed by atoms with Crippen LogP contribution in [-0.4, -0.2) is 25.0 Å². The van der Waals surface area contributed by atoms with Gasteiger partial charge in [-0.25, -0.2) is 9.37 Å². The van der Waals surface area contributed by atoms with E-state index in [1.165, 1.54) is 13.2 Å². The summed E-state index contributed by atoms with van der Waals surface area (Å²) in [5.74, 6) is -0.330. The number of hydrogen-bond donors (Lipinski definition) is 1. The lowest BCUT2D eigenvalue weighted by molar-refractivity contribution is 0.100. The van der Waals surface area contributed by atoms with Gasteiger partial charge in [0.25, 0.3) is 5.91 Å². The number of nitrogens with zero attached hydrogens (tertiary/aromatic N) is 2. The first kappa shape index (κ1) is 14.8. The SMILES string of the molecule is COc1ccc(CN(C)c2ncccc2C(N)=O)cc1F. The molecule has 0 aliphatic heterocycles. The largest absolute Gasteiger partial charge is 0.494 e. The molecule has 5 nitrogen and oxygen atoms in total. The van der Waals surface area contributed by atoms with Gasteiger partial charge in [-0.05, 0) is 29.8 Å². The monoisotopic (exact) mass is 289 g/mol. The molecular formula is C15H16FN3O2. The molecular weight excluding hydrogens is 273 g/mol. The number of nitrogens with two attached hydrogens (primary N) is 1. The third-order valence-electron chi connectivity index (χ3n) is 3.05. The first-order chi connectivity index (χ1) is 10.0. The molecule has 0 atom stereocenters. The van der Waals surface area contributed by atoms with Gasteiger partial charge in [-0.1, -0.05) is 6.07 Å². The molecule has 0 spiro atoms. The summed E-state index contributed by atoms with van der Waals surface area (Å²) in [6.07, 6.45) is 1.58. The van der Waals surface area contributed by atoms with Gasteiger partial charge in [-0.2, -0.15) is 0 Å². The van der Waals surface area contributed by atoms with Crippen LogP contribution in [0.5, 0.6) is 5.75 Å². The number of amides is 1. The van der Waals surface area contributed by atoms with Crippen molar-refractivity contribution in [2.75, 3.05) is 19.1 Å². The summed E-state index contributed by atoms with van der Waals surface area (Å²) in [5.41, 5.74) is 6.39. The number of benzene rings is 1. The van der Waals surface area contributed by atoms with Crippen molar-refractivity contribution in [3.05, 3.63) is 53.5 Å². The van der Waals surface area contributed by atoms with Crippen LogP contribution < -0.4 is 15.4 Å². The van der Waals surface area contributed by atoms with Crippen molar-refractivity contribution in [3.8, 4) is 5.75 Å². The highest BCUT2D eigenvalue weighted by molar-refractivity contribution is 5.97. The smallest absolute Gasteiger partial charge is 0.252 e. The molecule has 2 N–H and O–H groups in total. The first-order valence-corrected chi connectivity index (χ1v) is 6.31. The Morgan fingerprint density at radius 1 is 1.43 bits per heavy atom. The van der Waals surface area contributed by atoms with Crippen molar-refractivity contribution in [2.24, 2.45) is 5.73 Å². The van der Waals surface area contributed by atoms with Crippen molar-refractivity contribution in [1.29, 1.82) is 0 Å². The van der Waals surface area contributed by atoms with Crippen molar-refractivity contribution in [3.63, 3.8) is 0 Å². The maximum Gasteiger partial charge on any atom is 0.252 e. The highest BCUT2D eigenvalue weighted by Crippen LogP contribution is 2.21. The Hall–Kier alpha value is -2.63. The molecule has 0 radical (unpaired) electrons. The third-order valence-corrected chi connectivity index (χ3v) is 3.05. The predicted octanol–water partition coefficient (Wildman–Crippen LogP) is 1.96. The van der Waals surface area contributed by atoms with E-state index in [1.54, 1.807) is 42.4 Å². The molecule has 0 aliphatic rings. The van der Waals surface area contributed by atoms with Gasteiger partial charge in [0, 0.05) is 19.8 Å². The number of methoxy groups -OCH3 is 1. The van der Waals surface area contributed by atoms with E-state index in [0.29, 0.717) is 17.9 Å². The molecule has 2 rings (SSSR count). The van der Waals surface area contributed by atoms with E-state index in [-0.39, 0.29) is 5.75 Å². The topological polar surface area (TPSA) is 68.4 Å². The van der Waals surface area contributed by atoms with E-state index in [0.717, 1.165) is 5.56 Å². The fourth-order valence-corrected chi connectivity index (χ4v) is 2.05. The molecule has 110 valence electrons. The molecule has 0 bridgehead atoms. The fraction of sp³-hybridized carbons (Fsp3) is 0.200. The zero-order valence-electron chi connectivity index (χ0n) is 11.8. The van der Waals surface area contributed by atoms with Gasteiger partial charge >= 0.3 is 0 Å². The second kappa shape index (κ2) is 6.21. The number of aromatic nitrogens is 1. The molecule has 2 aromatic rings. The summed E-state index contributed by atoms with van der Waals surface area (Å²) in [6, 6.07) is 7.96. The van der Waals surface area contributed by atoms with Crippen LogP contribution in [0.2, 0.25) is 0 Å². The quantitative estimate of drug-likeness (QED) is 0.913. The maximum absolute atomic E-state index is 13.7. The number of ether oxygens (including phenoxy) is 1. The number of carbonyl (C=O) groups is 1. The van der Waals surface area contributed by atoms with Gasteiger partial charge in [0.1, 0.15) is 5.82 Å². The lowest BCUT2D eigenvalue weighted by Crippen LogP contribution is -2.23. The van der Waals surface area contributed by atoms with E-state index in [1.807, 2.05) is 0 Å². The van der Waals surface area contributed by atoms with Gasteiger partial charge in [-0.15, -0.1) is 0 Å². The molecule has 1 aromatic carbocycles. The second-order valence-corrected chi connectivity index (χ2v) is 4.56. The minimum Gasteiger partial charge on any atom is -0.494 e. The molecule has 0 fully saturated rings. The molecule has 6 heteroatoms. The summed E-state index contributed by atoms with van der Waals surface area (Å²) in [6.45, 7) is 0.387. The lowest BCUT2D eigenvalue weighted by atomic mass is 10.1. The van der Waals surface area contributed by atoms with Crippen LogP contribution >= 0.6 is 0 Å². The molecule has 1 amide bonds. The predicted molar refractivity (Wildman–Crippen MR) is 77.8 cm³/mol. The Balaban J connectivity index is 2.24. The lowest BCUT2D eigenvalue weighted by Gasteiger charge is -2.20. The van der Waals surface area contributed by atoms with E-state index >= 15 is 0 Å². The van der Waals surface area contributed by atoms with Gasteiger partial charge in [0.05, 0.1) is 12.7 Å². The summed E-state index contributed by atoms with van der Waals surface area (Å²) in [5, 5.41) is 0. The van der Waals surface area contributed by atoms with E-state index in [2.05, 4.69) is 4.98 Å². The molecule has 0 aliphatic carbocycles.